The van der Waals surface area contributed by atoms with E-state index in [0.29, 0.717) is 18.8 Å². The molecule has 1 aliphatic rings. The maximum atomic E-state index is 12.0. The molecule has 0 spiro atoms. The van der Waals surface area contributed by atoms with Crippen molar-refractivity contribution < 1.29 is 14.3 Å². The van der Waals surface area contributed by atoms with Gasteiger partial charge in [0.2, 0.25) is 11.8 Å². The predicted octanol–water partition coefficient (Wildman–Crippen LogP) is 1.52. The summed E-state index contributed by atoms with van der Waals surface area (Å²) in [7, 11) is 0. The minimum atomic E-state index is -0.0583. The standard InChI is InChI=1S/C15H21N3O3/c1-11-5-7-14(17-16-11)21-13-4-3-9-18(10-13)15(20)8-6-12(2)19/h5,7,13H,3-4,6,8-10H2,1-2H3. The van der Waals surface area contributed by atoms with Crippen LogP contribution in [-0.4, -0.2) is 46.0 Å². The number of hydrogen-bond acceptors (Lipinski definition) is 5. The summed E-state index contributed by atoms with van der Waals surface area (Å²) in [6.45, 7) is 4.65. The Kier molecular flexibility index (Phi) is 5.25. The molecule has 1 aromatic rings. The number of piperidine rings is 1. The number of nitrogens with zero attached hydrogens (tertiary/aromatic N) is 3. The van der Waals surface area contributed by atoms with Gasteiger partial charge in [-0.2, -0.15) is 5.10 Å². The van der Waals surface area contributed by atoms with Crippen molar-refractivity contribution in [2.24, 2.45) is 0 Å². The van der Waals surface area contributed by atoms with Crippen molar-refractivity contribution in [2.45, 2.75) is 45.6 Å². The number of aryl methyl sites for hydroxylation is 1. The Morgan fingerprint density at radius 3 is 2.81 bits per heavy atom. The number of ether oxygens (including phenoxy) is 1. The minimum absolute atomic E-state index is 0.0218. The summed E-state index contributed by atoms with van der Waals surface area (Å²) in [4.78, 5) is 24.8. The van der Waals surface area contributed by atoms with Crippen molar-refractivity contribution in [2.75, 3.05) is 13.1 Å². The molecule has 1 unspecified atom stereocenters. The van der Waals surface area contributed by atoms with Gasteiger partial charge in [-0.3, -0.25) is 4.79 Å². The third kappa shape index (κ3) is 4.81. The first kappa shape index (κ1) is 15.4. The normalized spacial score (nSPS) is 18.4. The van der Waals surface area contributed by atoms with Gasteiger partial charge in [-0.25, -0.2) is 0 Å². The van der Waals surface area contributed by atoms with Gasteiger partial charge in [0, 0.05) is 25.5 Å². The largest absolute Gasteiger partial charge is 0.471 e. The van der Waals surface area contributed by atoms with Crippen LogP contribution in [0.5, 0.6) is 5.88 Å². The van der Waals surface area contributed by atoms with E-state index in [2.05, 4.69) is 10.2 Å². The molecule has 1 amide bonds. The summed E-state index contributed by atoms with van der Waals surface area (Å²) in [5, 5.41) is 7.94. The van der Waals surface area contributed by atoms with Crippen LogP contribution < -0.4 is 4.74 Å². The van der Waals surface area contributed by atoms with Crippen LogP contribution in [-0.2, 0) is 9.59 Å². The van der Waals surface area contributed by atoms with Crippen molar-refractivity contribution in [3.05, 3.63) is 17.8 Å². The third-order valence-corrected chi connectivity index (χ3v) is 3.48. The van der Waals surface area contributed by atoms with Gasteiger partial charge in [-0.1, -0.05) is 0 Å². The zero-order chi connectivity index (χ0) is 15.2. The van der Waals surface area contributed by atoms with Crippen LogP contribution in [0.25, 0.3) is 0 Å². The van der Waals surface area contributed by atoms with Crippen molar-refractivity contribution in [1.82, 2.24) is 15.1 Å². The average Bonchev–Trinajstić information content (AvgIpc) is 2.47. The van der Waals surface area contributed by atoms with Crippen LogP contribution in [0.2, 0.25) is 0 Å². The van der Waals surface area contributed by atoms with E-state index >= 15 is 0 Å². The summed E-state index contributed by atoms with van der Waals surface area (Å²) >= 11 is 0. The van der Waals surface area contributed by atoms with E-state index in [0.717, 1.165) is 25.1 Å². The summed E-state index contributed by atoms with van der Waals surface area (Å²) in [5.74, 6) is 0.556. The van der Waals surface area contributed by atoms with E-state index in [9.17, 15) is 9.59 Å². The molecule has 0 aliphatic carbocycles. The molecule has 2 heterocycles. The van der Waals surface area contributed by atoms with E-state index in [-0.39, 0.29) is 24.2 Å². The number of amides is 1. The summed E-state index contributed by atoms with van der Waals surface area (Å²) in [5.41, 5.74) is 0.840. The number of Topliss-reactive ketones (excluding diaryl/α,β-unsaturated/α-hetero) is 1. The first-order valence-electron chi connectivity index (χ1n) is 7.29. The molecule has 6 nitrogen and oxygen atoms in total. The Bertz CT molecular complexity index is 501. The second-order valence-corrected chi connectivity index (χ2v) is 5.44. The Labute approximate surface area is 124 Å². The lowest BCUT2D eigenvalue weighted by Gasteiger charge is -2.32. The molecule has 0 radical (unpaired) electrons. The highest BCUT2D eigenvalue weighted by Crippen LogP contribution is 2.17. The highest BCUT2D eigenvalue weighted by atomic mass is 16.5. The first-order valence-corrected chi connectivity index (χ1v) is 7.29. The second kappa shape index (κ2) is 7.15. The van der Waals surface area contributed by atoms with Gasteiger partial charge in [0.15, 0.2) is 0 Å². The van der Waals surface area contributed by atoms with Gasteiger partial charge in [-0.05, 0) is 32.8 Å². The molecule has 0 bridgehead atoms. The lowest BCUT2D eigenvalue weighted by Crippen LogP contribution is -2.44. The van der Waals surface area contributed by atoms with Crippen molar-refractivity contribution in [3.8, 4) is 5.88 Å². The lowest BCUT2D eigenvalue weighted by atomic mass is 10.1. The Hall–Kier alpha value is -1.98. The van der Waals surface area contributed by atoms with Crippen LogP contribution in [0.4, 0.5) is 0 Å². The van der Waals surface area contributed by atoms with Gasteiger partial charge in [-0.15, -0.1) is 5.10 Å². The first-order chi connectivity index (χ1) is 10.0. The van der Waals surface area contributed by atoms with Gasteiger partial charge in [0.1, 0.15) is 11.9 Å². The fourth-order valence-electron chi connectivity index (χ4n) is 2.32. The van der Waals surface area contributed by atoms with Gasteiger partial charge in [0.05, 0.1) is 12.2 Å². The molecule has 0 aromatic carbocycles. The Morgan fingerprint density at radius 1 is 1.33 bits per heavy atom. The van der Waals surface area contributed by atoms with E-state index < -0.39 is 0 Å². The van der Waals surface area contributed by atoms with Gasteiger partial charge < -0.3 is 14.4 Å². The van der Waals surface area contributed by atoms with Crippen LogP contribution in [0.15, 0.2) is 12.1 Å². The Balaban J connectivity index is 1.86. The van der Waals surface area contributed by atoms with Crippen LogP contribution in [0.1, 0.15) is 38.3 Å². The predicted molar refractivity (Wildman–Crippen MR) is 76.9 cm³/mol. The molecule has 1 atom stereocenters. The van der Waals surface area contributed by atoms with Crippen LogP contribution in [0, 0.1) is 6.92 Å². The smallest absolute Gasteiger partial charge is 0.233 e. The summed E-state index contributed by atoms with van der Waals surface area (Å²) in [6.07, 6.45) is 2.33. The van der Waals surface area contributed by atoms with Crippen LogP contribution in [0.3, 0.4) is 0 Å². The topological polar surface area (TPSA) is 72.4 Å². The summed E-state index contributed by atoms with van der Waals surface area (Å²) in [6, 6.07) is 3.64. The van der Waals surface area contributed by atoms with E-state index in [1.807, 2.05) is 13.0 Å². The van der Waals surface area contributed by atoms with Crippen molar-refractivity contribution >= 4 is 11.7 Å². The SMILES string of the molecule is CC(=O)CCC(=O)N1CCCC(Oc2ccc(C)nn2)C1. The lowest BCUT2D eigenvalue weighted by molar-refractivity contribution is -0.135. The molecule has 1 saturated heterocycles. The van der Waals surface area contributed by atoms with Gasteiger partial charge in [0.25, 0.3) is 0 Å². The molecule has 1 aromatic heterocycles. The molecule has 6 heteroatoms. The fraction of sp³-hybridized carbons (Fsp3) is 0.600. The molecule has 0 saturated carbocycles. The van der Waals surface area contributed by atoms with E-state index in [4.69, 9.17) is 4.74 Å². The molecular weight excluding hydrogens is 270 g/mol. The van der Waals surface area contributed by atoms with E-state index in [1.54, 1.807) is 11.0 Å². The van der Waals surface area contributed by atoms with Gasteiger partial charge >= 0.3 is 0 Å². The molecule has 0 N–H and O–H groups in total. The number of rotatable bonds is 5. The zero-order valence-electron chi connectivity index (χ0n) is 12.5. The molecule has 2 rings (SSSR count). The minimum Gasteiger partial charge on any atom is -0.471 e. The highest BCUT2D eigenvalue weighted by Gasteiger charge is 2.25. The third-order valence-electron chi connectivity index (χ3n) is 3.48. The molecule has 21 heavy (non-hydrogen) atoms. The molecular formula is C15H21N3O3. The number of ketones is 1. The number of carbonyl (C=O) groups is 2. The maximum absolute atomic E-state index is 12.0. The van der Waals surface area contributed by atoms with E-state index in [1.165, 1.54) is 6.92 Å². The van der Waals surface area contributed by atoms with Crippen molar-refractivity contribution in [1.29, 1.82) is 0 Å². The molecule has 1 fully saturated rings. The fourth-order valence-corrected chi connectivity index (χ4v) is 2.32. The number of hydrogen-bond donors (Lipinski definition) is 0. The number of aromatic nitrogens is 2. The quantitative estimate of drug-likeness (QED) is 0.822. The molecule has 1 aliphatic heterocycles. The highest BCUT2D eigenvalue weighted by molar-refractivity contribution is 5.83. The average molecular weight is 291 g/mol. The number of carbonyl (C=O) groups excluding carboxylic acids is 2. The van der Waals surface area contributed by atoms with Crippen LogP contribution >= 0.6 is 0 Å². The zero-order valence-corrected chi connectivity index (χ0v) is 12.5. The summed E-state index contributed by atoms with van der Waals surface area (Å²) < 4.78 is 5.78. The monoisotopic (exact) mass is 291 g/mol. The Morgan fingerprint density at radius 2 is 2.14 bits per heavy atom. The number of likely N-dealkylation sites (tertiary alicyclic amines) is 1. The van der Waals surface area contributed by atoms with Crippen molar-refractivity contribution in [3.63, 3.8) is 0 Å². The second-order valence-electron chi connectivity index (χ2n) is 5.44. The molecule has 114 valence electrons. The maximum Gasteiger partial charge on any atom is 0.233 e.